The van der Waals surface area contributed by atoms with Crippen LogP contribution in [0.3, 0.4) is 0 Å². The van der Waals surface area contributed by atoms with Crippen molar-refractivity contribution in [1.82, 2.24) is 0 Å². The van der Waals surface area contributed by atoms with E-state index in [4.69, 9.17) is 10.2 Å². The Bertz CT molecular complexity index is 99.5. The van der Waals surface area contributed by atoms with Crippen LogP contribution in [0.4, 0.5) is 0 Å². The fraction of sp³-hybridized carbons (Fsp3) is 1.00. The van der Waals surface area contributed by atoms with Gasteiger partial charge in [-0.05, 0) is 33.1 Å². The van der Waals surface area contributed by atoms with Gasteiger partial charge in [-0.3, -0.25) is 0 Å². The summed E-state index contributed by atoms with van der Waals surface area (Å²) in [5.41, 5.74) is -1.00. The van der Waals surface area contributed by atoms with Crippen LogP contribution >= 0.6 is 0 Å². The fourth-order valence-electron chi connectivity index (χ4n) is 0.804. The van der Waals surface area contributed by atoms with Crippen LogP contribution in [0.15, 0.2) is 0 Å². The molecule has 0 heterocycles. The van der Waals surface area contributed by atoms with E-state index in [0.717, 1.165) is 6.42 Å². The first-order valence-electron chi connectivity index (χ1n) is 4.02. The third-order valence-electron chi connectivity index (χ3n) is 1.99. The van der Waals surface area contributed by atoms with E-state index in [1.807, 2.05) is 0 Å². The highest BCUT2D eigenvalue weighted by molar-refractivity contribution is 4.77. The van der Waals surface area contributed by atoms with E-state index in [-0.39, 0.29) is 6.61 Å². The van der Waals surface area contributed by atoms with E-state index < -0.39 is 11.7 Å². The number of hydrogen-bond donors (Lipinski definition) is 3. The molecule has 68 valence electrons. The monoisotopic (exact) mass is 162 g/mol. The Hall–Kier alpha value is -0.120. The molecule has 0 aromatic rings. The summed E-state index contributed by atoms with van der Waals surface area (Å²) >= 11 is 0. The maximum absolute atomic E-state index is 9.49. The van der Waals surface area contributed by atoms with Gasteiger partial charge in [0.25, 0.3) is 0 Å². The molecule has 3 N–H and O–H groups in total. The van der Waals surface area contributed by atoms with Gasteiger partial charge in [0.15, 0.2) is 0 Å². The van der Waals surface area contributed by atoms with Crippen LogP contribution in [0.2, 0.25) is 0 Å². The Morgan fingerprint density at radius 3 is 2.27 bits per heavy atom. The summed E-state index contributed by atoms with van der Waals surface area (Å²) in [6.07, 6.45) is 1.25. The predicted octanol–water partition coefficient (Wildman–Crippen LogP) is 0.281. The van der Waals surface area contributed by atoms with E-state index in [0.29, 0.717) is 12.8 Å². The van der Waals surface area contributed by atoms with Gasteiger partial charge in [-0.25, -0.2) is 0 Å². The quantitative estimate of drug-likeness (QED) is 0.509. The number of aliphatic hydroxyl groups excluding tert-OH is 2. The molecule has 3 heteroatoms. The maximum atomic E-state index is 9.49. The van der Waals surface area contributed by atoms with Crippen molar-refractivity contribution >= 4 is 0 Å². The molecule has 0 spiro atoms. The van der Waals surface area contributed by atoms with Crippen molar-refractivity contribution in [2.24, 2.45) is 0 Å². The molecule has 2 unspecified atom stereocenters. The van der Waals surface area contributed by atoms with Crippen LogP contribution in [0.25, 0.3) is 0 Å². The number of hydrogen-bond acceptors (Lipinski definition) is 3. The van der Waals surface area contributed by atoms with Gasteiger partial charge in [-0.1, -0.05) is 0 Å². The zero-order valence-corrected chi connectivity index (χ0v) is 7.25. The lowest BCUT2D eigenvalue weighted by molar-refractivity contribution is -0.0591. The van der Waals surface area contributed by atoms with E-state index >= 15 is 0 Å². The first-order chi connectivity index (χ1) is 5.00. The summed E-state index contributed by atoms with van der Waals surface area (Å²) in [6.45, 7) is 3.32. The highest BCUT2D eigenvalue weighted by Gasteiger charge is 2.25. The van der Waals surface area contributed by atoms with Crippen molar-refractivity contribution in [3.8, 4) is 0 Å². The molecule has 0 radical (unpaired) electrons. The van der Waals surface area contributed by atoms with Gasteiger partial charge in [-0.2, -0.15) is 0 Å². The van der Waals surface area contributed by atoms with Gasteiger partial charge in [0.1, 0.15) is 0 Å². The predicted molar refractivity (Wildman–Crippen MR) is 43.2 cm³/mol. The smallest absolute Gasteiger partial charge is 0.0874 e. The second-order valence-corrected chi connectivity index (χ2v) is 3.21. The van der Waals surface area contributed by atoms with E-state index in [1.54, 1.807) is 13.8 Å². The molecule has 0 aliphatic rings. The molecule has 0 aliphatic heterocycles. The second-order valence-electron chi connectivity index (χ2n) is 3.21. The molecule has 0 rings (SSSR count). The second kappa shape index (κ2) is 4.70. The molecule has 2 atom stereocenters. The van der Waals surface area contributed by atoms with Crippen LogP contribution in [-0.4, -0.2) is 33.6 Å². The minimum atomic E-state index is -1.00. The number of unbranched alkanes of at least 4 members (excludes halogenated alkanes) is 1. The molecule has 3 nitrogen and oxygen atoms in total. The fourth-order valence-corrected chi connectivity index (χ4v) is 0.804. The summed E-state index contributed by atoms with van der Waals surface area (Å²) in [5, 5.41) is 27.0. The maximum Gasteiger partial charge on any atom is 0.0874 e. The molecule has 0 amide bonds. The van der Waals surface area contributed by atoms with Crippen LogP contribution in [0.5, 0.6) is 0 Å². The lowest BCUT2D eigenvalue weighted by Gasteiger charge is -2.26. The zero-order chi connectivity index (χ0) is 8.91. The zero-order valence-electron chi connectivity index (χ0n) is 7.25. The van der Waals surface area contributed by atoms with Gasteiger partial charge in [0.05, 0.1) is 11.7 Å². The average Bonchev–Trinajstić information content (AvgIpc) is 1.88. The topological polar surface area (TPSA) is 60.7 Å². The largest absolute Gasteiger partial charge is 0.396 e. The van der Waals surface area contributed by atoms with Crippen molar-refractivity contribution < 1.29 is 15.3 Å². The number of aliphatic hydroxyl groups is 3. The van der Waals surface area contributed by atoms with Gasteiger partial charge in [0, 0.05) is 6.61 Å². The highest BCUT2D eigenvalue weighted by Crippen LogP contribution is 2.17. The van der Waals surface area contributed by atoms with E-state index in [9.17, 15) is 5.11 Å². The molecular formula is C8H18O3. The Balaban J connectivity index is 3.55. The average molecular weight is 162 g/mol. The lowest BCUT2D eigenvalue weighted by atomic mass is 9.94. The minimum absolute atomic E-state index is 0.149. The van der Waals surface area contributed by atoms with E-state index in [1.165, 1.54) is 0 Å². The van der Waals surface area contributed by atoms with Gasteiger partial charge in [0.2, 0.25) is 0 Å². The molecule has 0 aromatic heterocycles. The third kappa shape index (κ3) is 4.35. The molecular weight excluding hydrogens is 144 g/mol. The lowest BCUT2D eigenvalue weighted by Crippen LogP contribution is -2.36. The molecule has 0 bridgehead atoms. The SMILES string of the molecule is CC(O)C(C)(O)CCCCO. The molecule has 0 aromatic carbocycles. The summed E-state index contributed by atoms with van der Waals surface area (Å²) < 4.78 is 0. The minimum Gasteiger partial charge on any atom is -0.396 e. The molecule has 11 heavy (non-hydrogen) atoms. The summed E-state index contributed by atoms with van der Waals surface area (Å²) in [6, 6.07) is 0. The Morgan fingerprint density at radius 2 is 1.91 bits per heavy atom. The summed E-state index contributed by atoms with van der Waals surface area (Å²) in [7, 11) is 0. The van der Waals surface area contributed by atoms with Gasteiger partial charge < -0.3 is 15.3 Å². The van der Waals surface area contributed by atoms with Crippen molar-refractivity contribution in [1.29, 1.82) is 0 Å². The Labute approximate surface area is 67.7 Å². The molecule has 0 aliphatic carbocycles. The van der Waals surface area contributed by atoms with Crippen LogP contribution in [0.1, 0.15) is 33.1 Å². The molecule has 0 fully saturated rings. The number of rotatable bonds is 5. The Morgan fingerprint density at radius 1 is 1.36 bits per heavy atom. The standard InChI is InChI=1S/C8H18O3/c1-7(10)8(2,11)5-3-4-6-9/h7,9-11H,3-6H2,1-2H3. The van der Waals surface area contributed by atoms with Crippen molar-refractivity contribution in [2.75, 3.05) is 6.61 Å². The van der Waals surface area contributed by atoms with Crippen molar-refractivity contribution in [3.05, 3.63) is 0 Å². The van der Waals surface area contributed by atoms with Gasteiger partial charge >= 0.3 is 0 Å². The molecule has 0 saturated carbocycles. The third-order valence-corrected chi connectivity index (χ3v) is 1.99. The summed E-state index contributed by atoms with van der Waals surface area (Å²) in [5.74, 6) is 0. The Kier molecular flexibility index (Phi) is 4.65. The van der Waals surface area contributed by atoms with Crippen LogP contribution in [0, 0.1) is 0 Å². The van der Waals surface area contributed by atoms with Crippen molar-refractivity contribution in [2.45, 2.75) is 44.8 Å². The van der Waals surface area contributed by atoms with Crippen LogP contribution < -0.4 is 0 Å². The normalized spacial score (nSPS) is 19.4. The first-order valence-corrected chi connectivity index (χ1v) is 4.02. The summed E-state index contributed by atoms with van der Waals surface area (Å²) in [4.78, 5) is 0. The highest BCUT2D eigenvalue weighted by atomic mass is 16.3. The van der Waals surface area contributed by atoms with Crippen molar-refractivity contribution in [3.63, 3.8) is 0 Å². The van der Waals surface area contributed by atoms with E-state index in [2.05, 4.69) is 0 Å². The van der Waals surface area contributed by atoms with Crippen LogP contribution in [-0.2, 0) is 0 Å². The van der Waals surface area contributed by atoms with Gasteiger partial charge in [-0.15, -0.1) is 0 Å². The first kappa shape index (κ1) is 10.9. The molecule has 0 saturated heterocycles.